The molecule has 0 bridgehead atoms. The molecule has 3 aromatic carbocycles. The van der Waals surface area contributed by atoms with Crippen molar-refractivity contribution in [2.45, 2.75) is 24.3 Å². The van der Waals surface area contributed by atoms with Crippen LogP contribution in [0.1, 0.15) is 12.5 Å². The van der Waals surface area contributed by atoms with Crippen molar-refractivity contribution in [3.05, 3.63) is 66.2 Å². The third-order valence-corrected chi connectivity index (χ3v) is 6.40. The molecule has 0 heterocycles. The topological polar surface area (TPSA) is 95.9 Å². The Hall–Kier alpha value is -3.10. The van der Waals surface area contributed by atoms with Crippen LogP contribution in [0.4, 0.5) is 5.69 Å². The molecule has 0 aliphatic rings. The van der Waals surface area contributed by atoms with E-state index in [-0.39, 0.29) is 23.7 Å². The molecule has 1 unspecified atom stereocenters. The number of rotatable bonds is 8. The molecule has 31 heavy (non-hydrogen) atoms. The number of phenolic OH excluding ortho intramolecular Hbond substituents is 1. The van der Waals surface area contributed by atoms with Crippen LogP contribution in [0, 0.1) is 0 Å². The maximum atomic E-state index is 13.3. The van der Waals surface area contributed by atoms with Gasteiger partial charge < -0.3 is 14.7 Å². The van der Waals surface area contributed by atoms with E-state index in [1.807, 2.05) is 31.1 Å². The van der Waals surface area contributed by atoms with E-state index in [4.69, 9.17) is 4.74 Å². The molecule has 0 saturated heterocycles. The summed E-state index contributed by atoms with van der Waals surface area (Å²) in [5.41, 5.74) is 1.58. The van der Waals surface area contributed by atoms with Gasteiger partial charge in [-0.05, 0) is 43.2 Å². The molecule has 8 heteroatoms. The number of nitrogens with zero attached hydrogens (tertiary/aromatic N) is 1. The Morgan fingerprint density at radius 3 is 2.32 bits per heavy atom. The summed E-state index contributed by atoms with van der Waals surface area (Å²) in [6.45, 7) is 1.80. The fraction of sp³-hybridized carbons (Fsp3) is 0.261. The third-order valence-electron chi connectivity index (χ3n) is 4.88. The van der Waals surface area contributed by atoms with Gasteiger partial charge in [0, 0.05) is 30.6 Å². The number of carbonyl (C=O) groups excluding carboxylic acids is 1. The van der Waals surface area contributed by atoms with E-state index < -0.39 is 22.0 Å². The Morgan fingerprint density at radius 1 is 1.03 bits per heavy atom. The zero-order valence-electron chi connectivity index (χ0n) is 17.7. The van der Waals surface area contributed by atoms with Crippen LogP contribution in [-0.4, -0.2) is 46.2 Å². The van der Waals surface area contributed by atoms with Crippen molar-refractivity contribution in [3.63, 3.8) is 0 Å². The van der Waals surface area contributed by atoms with Gasteiger partial charge in [-0.15, -0.1) is 0 Å². The van der Waals surface area contributed by atoms with Crippen LogP contribution >= 0.6 is 0 Å². The molecule has 0 fully saturated rings. The molecule has 0 radical (unpaired) electrons. The maximum absolute atomic E-state index is 13.3. The Balaban J connectivity index is 1.99. The molecule has 1 atom stereocenters. The quantitative estimate of drug-likeness (QED) is 0.521. The average Bonchev–Trinajstić information content (AvgIpc) is 2.73. The highest BCUT2D eigenvalue weighted by atomic mass is 32.2. The zero-order chi connectivity index (χ0) is 22.6. The second-order valence-corrected chi connectivity index (χ2v) is 9.00. The molecule has 0 saturated carbocycles. The highest BCUT2D eigenvalue weighted by Gasteiger charge is 2.28. The number of ether oxygens (including phenoxy) is 1. The van der Waals surface area contributed by atoms with Gasteiger partial charge in [0.1, 0.15) is 11.8 Å². The van der Waals surface area contributed by atoms with Crippen molar-refractivity contribution in [2.24, 2.45) is 0 Å². The van der Waals surface area contributed by atoms with Crippen LogP contribution < -0.4 is 9.62 Å². The van der Waals surface area contributed by atoms with Gasteiger partial charge in [-0.2, -0.15) is 4.72 Å². The number of benzene rings is 3. The average molecular weight is 443 g/mol. The molecule has 0 amide bonds. The van der Waals surface area contributed by atoms with E-state index in [1.54, 1.807) is 37.3 Å². The summed E-state index contributed by atoms with van der Waals surface area (Å²) in [4.78, 5) is 14.5. The van der Waals surface area contributed by atoms with Gasteiger partial charge in [-0.3, -0.25) is 4.79 Å². The van der Waals surface area contributed by atoms with E-state index in [2.05, 4.69) is 4.72 Å². The van der Waals surface area contributed by atoms with E-state index >= 15 is 0 Å². The second kappa shape index (κ2) is 9.36. The lowest BCUT2D eigenvalue weighted by atomic mass is 10.1. The minimum Gasteiger partial charge on any atom is -0.508 e. The molecule has 164 valence electrons. The molecule has 0 aromatic heterocycles. The van der Waals surface area contributed by atoms with Crippen molar-refractivity contribution in [3.8, 4) is 5.75 Å². The Bertz CT molecular complexity index is 1170. The van der Waals surface area contributed by atoms with Crippen molar-refractivity contribution >= 4 is 32.5 Å². The van der Waals surface area contributed by atoms with Gasteiger partial charge in [-0.1, -0.05) is 36.4 Å². The van der Waals surface area contributed by atoms with Crippen LogP contribution in [0.15, 0.2) is 65.6 Å². The summed E-state index contributed by atoms with van der Waals surface area (Å²) in [6.07, 6.45) is 0.0893. The molecule has 0 aliphatic heterocycles. The lowest BCUT2D eigenvalue weighted by Crippen LogP contribution is -2.43. The van der Waals surface area contributed by atoms with Gasteiger partial charge in [-0.25, -0.2) is 8.42 Å². The first-order valence-corrected chi connectivity index (χ1v) is 11.4. The number of carbonyl (C=O) groups is 1. The van der Waals surface area contributed by atoms with Crippen LogP contribution in [0.2, 0.25) is 0 Å². The summed E-state index contributed by atoms with van der Waals surface area (Å²) in [6, 6.07) is 15.7. The first-order chi connectivity index (χ1) is 14.7. The molecule has 0 spiro atoms. The predicted molar refractivity (Wildman–Crippen MR) is 121 cm³/mol. The number of phenols is 1. The second-order valence-electron chi connectivity index (χ2n) is 7.32. The molecule has 3 aromatic rings. The number of fused-ring (bicyclic) bond motifs is 1. The molecular formula is C23H26N2O5S. The first-order valence-electron chi connectivity index (χ1n) is 9.89. The number of hydrogen-bond acceptors (Lipinski definition) is 6. The Kier molecular flexibility index (Phi) is 6.82. The highest BCUT2D eigenvalue weighted by molar-refractivity contribution is 7.89. The molecule has 2 N–H and O–H groups in total. The Morgan fingerprint density at radius 2 is 1.68 bits per heavy atom. The third kappa shape index (κ3) is 5.15. The monoisotopic (exact) mass is 442 g/mol. The van der Waals surface area contributed by atoms with Crippen LogP contribution in [-0.2, 0) is 26.0 Å². The summed E-state index contributed by atoms with van der Waals surface area (Å²) in [5, 5.41) is 10.8. The number of aromatic hydroxyl groups is 1. The van der Waals surface area contributed by atoms with Gasteiger partial charge in [0.2, 0.25) is 10.0 Å². The SMILES string of the molecule is CCOC(=O)C(Cc1ccc(O)cc1)NS(=O)(=O)c1cccc2c(N(C)C)cccc12. The fourth-order valence-electron chi connectivity index (χ4n) is 3.42. The van der Waals surface area contributed by atoms with E-state index in [9.17, 15) is 18.3 Å². The van der Waals surface area contributed by atoms with E-state index in [0.29, 0.717) is 10.9 Å². The number of hydrogen-bond donors (Lipinski definition) is 2. The number of sulfonamides is 1. The van der Waals surface area contributed by atoms with Gasteiger partial charge >= 0.3 is 5.97 Å². The summed E-state index contributed by atoms with van der Waals surface area (Å²) in [5.74, 6) is -0.571. The van der Waals surface area contributed by atoms with Crippen LogP contribution in [0.3, 0.4) is 0 Å². The molecule has 7 nitrogen and oxygen atoms in total. The molecule has 3 rings (SSSR count). The van der Waals surface area contributed by atoms with Crippen molar-refractivity contribution in [2.75, 3.05) is 25.6 Å². The van der Waals surface area contributed by atoms with E-state index in [1.165, 1.54) is 18.2 Å². The standard InChI is InChI=1S/C23H26N2O5S/c1-4-30-23(27)20(15-16-11-13-17(26)14-12-16)24-31(28,29)22-10-6-7-18-19(22)8-5-9-21(18)25(2)3/h5-14,20,24,26H,4,15H2,1-3H3. The normalized spacial score (nSPS) is 12.5. The number of nitrogens with one attached hydrogen (secondary N) is 1. The summed E-state index contributed by atoms with van der Waals surface area (Å²) in [7, 11) is -0.256. The van der Waals surface area contributed by atoms with Crippen molar-refractivity contribution < 1.29 is 23.1 Å². The highest BCUT2D eigenvalue weighted by Crippen LogP contribution is 2.30. The van der Waals surface area contributed by atoms with Crippen LogP contribution in [0.5, 0.6) is 5.75 Å². The van der Waals surface area contributed by atoms with Crippen molar-refractivity contribution in [1.82, 2.24) is 4.72 Å². The smallest absolute Gasteiger partial charge is 0.324 e. The Labute approximate surface area is 182 Å². The summed E-state index contributed by atoms with van der Waals surface area (Å²) < 4.78 is 34.3. The predicted octanol–water partition coefficient (Wildman–Crippen LogP) is 3.06. The fourth-order valence-corrected chi connectivity index (χ4v) is 4.83. The largest absolute Gasteiger partial charge is 0.508 e. The maximum Gasteiger partial charge on any atom is 0.324 e. The lowest BCUT2D eigenvalue weighted by Gasteiger charge is -2.20. The molecular weight excluding hydrogens is 416 g/mol. The minimum absolute atomic E-state index is 0.0875. The first kappa shape index (κ1) is 22.6. The van der Waals surface area contributed by atoms with E-state index in [0.717, 1.165) is 11.1 Å². The van der Waals surface area contributed by atoms with Gasteiger partial charge in [0.05, 0.1) is 11.5 Å². The summed E-state index contributed by atoms with van der Waals surface area (Å²) >= 11 is 0. The lowest BCUT2D eigenvalue weighted by molar-refractivity contribution is -0.145. The van der Waals surface area contributed by atoms with Gasteiger partial charge in [0.15, 0.2) is 0 Å². The number of anilines is 1. The molecule has 0 aliphatic carbocycles. The number of esters is 1. The minimum atomic E-state index is -4.04. The zero-order valence-corrected chi connectivity index (χ0v) is 18.5. The van der Waals surface area contributed by atoms with Gasteiger partial charge in [0.25, 0.3) is 0 Å². The van der Waals surface area contributed by atoms with Crippen molar-refractivity contribution in [1.29, 1.82) is 0 Å². The van der Waals surface area contributed by atoms with Crippen LogP contribution in [0.25, 0.3) is 10.8 Å².